The van der Waals surface area contributed by atoms with Crippen molar-refractivity contribution in [2.45, 2.75) is 25.7 Å². The zero-order valence-electron chi connectivity index (χ0n) is 7.92. The molecule has 2 heteroatoms. The number of nitrogens with zero attached hydrogens (tertiary/aromatic N) is 1. The van der Waals surface area contributed by atoms with Crippen LogP contribution in [-0.2, 0) is 4.79 Å². The van der Waals surface area contributed by atoms with Gasteiger partial charge in [-0.05, 0) is 25.2 Å². The first-order chi connectivity index (χ1) is 5.70. The van der Waals surface area contributed by atoms with Gasteiger partial charge in [0.25, 0.3) is 0 Å². The third kappa shape index (κ3) is 2.68. The van der Waals surface area contributed by atoms with Crippen LogP contribution in [0, 0.1) is 5.92 Å². The first-order valence-corrected chi connectivity index (χ1v) is 4.57. The van der Waals surface area contributed by atoms with Crippen LogP contribution in [0.5, 0.6) is 0 Å². The number of allylic oxidation sites excluding steroid dienone is 2. The van der Waals surface area contributed by atoms with Gasteiger partial charge in [-0.15, -0.1) is 0 Å². The van der Waals surface area contributed by atoms with Crippen molar-refractivity contribution in [1.82, 2.24) is 4.90 Å². The van der Waals surface area contributed by atoms with Crippen LogP contribution < -0.4 is 0 Å². The van der Waals surface area contributed by atoms with E-state index in [4.69, 9.17) is 0 Å². The Kier molecular flexibility index (Phi) is 3.32. The van der Waals surface area contributed by atoms with Gasteiger partial charge < -0.3 is 4.90 Å². The highest BCUT2D eigenvalue weighted by molar-refractivity contribution is 5.76. The Labute approximate surface area is 74.2 Å². The van der Waals surface area contributed by atoms with Gasteiger partial charge in [-0.3, -0.25) is 4.79 Å². The molecule has 0 saturated heterocycles. The SMILES string of the molecule is CN(C)C(=O)CC1C=CCCC1. The fourth-order valence-electron chi connectivity index (χ4n) is 1.46. The number of carbonyl (C=O) groups excluding carboxylic acids is 1. The highest BCUT2D eigenvalue weighted by Crippen LogP contribution is 2.20. The summed E-state index contributed by atoms with van der Waals surface area (Å²) in [6.45, 7) is 0. The Morgan fingerprint density at radius 1 is 1.58 bits per heavy atom. The lowest BCUT2D eigenvalue weighted by Gasteiger charge is -2.18. The van der Waals surface area contributed by atoms with Crippen molar-refractivity contribution < 1.29 is 4.79 Å². The lowest BCUT2D eigenvalue weighted by molar-refractivity contribution is -0.129. The van der Waals surface area contributed by atoms with Crippen molar-refractivity contribution in [3.63, 3.8) is 0 Å². The Morgan fingerprint density at radius 2 is 2.33 bits per heavy atom. The van der Waals surface area contributed by atoms with Gasteiger partial charge in [0.05, 0.1) is 0 Å². The summed E-state index contributed by atoms with van der Waals surface area (Å²) in [4.78, 5) is 13.0. The number of rotatable bonds is 2. The lowest BCUT2D eigenvalue weighted by atomic mass is 9.93. The number of hydrogen-bond acceptors (Lipinski definition) is 1. The van der Waals surface area contributed by atoms with Gasteiger partial charge in [0.2, 0.25) is 5.91 Å². The van der Waals surface area contributed by atoms with Crippen molar-refractivity contribution in [2.24, 2.45) is 5.92 Å². The van der Waals surface area contributed by atoms with Crippen molar-refractivity contribution in [3.05, 3.63) is 12.2 Å². The van der Waals surface area contributed by atoms with Gasteiger partial charge in [0, 0.05) is 20.5 Å². The van der Waals surface area contributed by atoms with Crippen molar-refractivity contribution in [3.8, 4) is 0 Å². The van der Waals surface area contributed by atoms with Gasteiger partial charge in [-0.2, -0.15) is 0 Å². The molecule has 68 valence electrons. The standard InChI is InChI=1S/C10H17NO/c1-11(2)10(12)8-9-6-4-3-5-7-9/h4,6,9H,3,5,7-8H2,1-2H3. The van der Waals surface area contributed by atoms with Crippen LogP contribution in [0.4, 0.5) is 0 Å². The molecule has 1 aliphatic carbocycles. The molecule has 0 aromatic rings. The number of carbonyl (C=O) groups is 1. The van der Waals surface area contributed by atoms with Crippen LogP contribution in [0.15, 0.2) is 12.2 Å². The minimum atomic E-state index is 0.242. The molecule has 0 N–H and O–H groups in total. The van der Waals surface area contributed by atoms with E-state index in [-0.39, 0.29) is 5.91 Å². The quantitative estimate of drug-likeness (QED) is 0.574. The highest BCUT2D eigenvalue weighted by atomic mass is 16.2. The molecule has 1 aliphatic rings. The molecule has 0 heterocycles. The Hall–Kier alpha value is -0.790. The van der Waals surface area contributed by atoms with Gasteiger partial charge in [0.1, 0.15) is 0 Å². The third-order valence-corrected chi connectivity index (χ3v) is 2.29. The summed E-state index contributed by atoms with van der Waals surface area (Å²) in [5.41, 5.74) is 0. The molecule has 1 amide bonds. The van der Waals surface area contributed by atoms with Crippen molar-refractivity contribution in [2.75, 3.05) is 14.1 Å². The summed E-state index contributed by atoms with van der Waals surface area (Å²) < 4.78 is 0. The monoisotopic (exact) mass is 167 g/mol. The lowest BCUT2D eigenvalue weighted by Crippen LogP contribution is -2.24. The summed E-state index contributed by atoms with van der Waals surface area (Å²) >= 11 is 0. The van der Waals surface area contributed by atoms with E-state index in [9.17, 15) is 4.79 Å². The van der Waals surface area contributed by atoms with E-state index < -0.39 is 0 Å². The predicted octanol–water partition coefficient (Wildman–Crippen LogP) is 1.82. The summed E-state index contributed by atoms with van der Waals surface area (Å²) in [6, 6.07) is 0. The topological polar surface area (TPSA) is 20.3 Å². The van der Waals surface area contributed by atoms with Crippen molar-refractivity contribution in [1.29, 1.82) is 0 Å². The second-order valence-electron chi connectivity index (χ2n) is 3.61. The molecule has 0 saturated carbocycles. The first-order valence-electron chi connectivity index (χ1n) is 4.57. The molecular weight excluding hydrogens is 150 g/mol. The second-order valence-corrected chi connectivity index (χ2v) is 3.61. The second kappa shape index (κ2) is 4.29. The maximum Gasteiger partial charge on any atom is 0.222 e. The number of amides is 1. The van der Waals surface area contributed by atoms with E-state index in [1.165, 1.54) is 19.3 Å². The van der Waals surface area contributed by atoms with E-state index in [2.05, 4.69) is 12.2 Å². The van der Waals surface area contributed by atoms with E-state index in [0.29, 0.717) is 12.3 Å². The van der Waals surface area contributed by atoms with Gasteiger partial charge >= 0.3 is 0 Å². The zero-order chi connectivity index (χ0) is 8.97. The fourth-order valence-corrected chi connectivity index (χ4v) is 1.46. The van der Waals surface area contributed by atoms with Gasteiger partial charge in [-0.1, -0.05) is 12.2 Å². The average molecular weight is 167 g/mol. The maximum absolute atomic E-state index is 11.3. The molecule has 1 atom stereocenters. The fraction of sp³-hybridized carbons (Fsp3) is 0.700. The van der Waals surface area contributed by atoms with Gasteiger partial charge in [0.15, 0.2) is 0 Å². The van der Waals surface area contributed by atoms with E-state index in [1.54, 1.807) is 4.90 Å². The molecule has 0 aromatic heterocycles. The van der Waals surface area contributed by atoms with Crippen LogP contribution in [0.2, 0.25) is 0 Å². The van der Waals surface area contributed by atoms with E-state index in [0.717, 1.165) is 0 Å². The Bertz CT molecular complexity index is 184. The minimum Gasteiger partial charge on any atom is -0.349 e. The molecule has 0 aromatic carbocycles. The first kappa shape index (κ1) is 9.30. The van der Waals surface area contributed by atoms with E-state index >= 15 is 0 Å². The third-order valence-electron chi connectivity index (χ3n) is 2.29. The molecular formula is C10H17NO. The molecule has 12 heavy (non-hydrogen) atoms. The Morgan fingerprint density at radius 3 is 2.83 bits per heavy atom. The average Bonchev–Trinajstić information content (AvgIpc) is 2.06. The largest absolute Gasteiger partial charge is 0.349 e. The summed E-state index contributed by atoms with van der Waals surface area (Å²) in [5, 5.41) is 0. The molecule has 1 unspecified atom stereocenters. The van der Waals surface area contributed by atoms with Crippen molar-refractivity contribution >= 4 is 5.91 Å². The zero-order valence-corrected chi connectivity index (χ0v) is 7.92. The minimum absolute atomic E-state index is 0.242. The van der Waals surface area contributed by atoms with Gasteiger partial charge in [-0.25, -0.2) is 0 Å². The van der Waals surface area contributed by atoms with Crippen LogP contribution in [0.1, 0.15) is 25.7 Å². The predicted molar refractivity (Wildman–Crippen MR) is 49.8 cm³/mol. The molecule has 0 aliphatic heterocycles. The molecule has 1 rings (SSSR count). The maximum atomic E-state index is 11.3. The number of hydrogen-bond donors (Lipinski definition) is 0. The normalized spacial score (nSPS) is 22.3. The Balaban J connectivity index is 2.35. The van der Waals surface area contributed by atoms with E-state index in [1.807, 2.05) is 14.1 Å². The molecule has 2 nitrogen and oxygen atoms in total. The molecule has 0 bridgehead atoms. The smallest absolute Gasteiger partial charge is 0.222 e. The van der Waals surface area contributed by atoms with Crippen LogP contribution in [0.25, 0.3) is 0 Å². The molecule has 0 radical (unpaired) electrons. The molecule has 0 spiro atoms. The summed E-state index contributed by atoms with van der Waals surface area (Å²) in [6.07, 6.45) is 8.66. The summed E-state index contributed by atoms with van der Waals surface area (Å²) in [7, 11) is 3.63. The van der Waals surface area contributed by atoms with Crippen LogP contribution in [0.3, 0.4) is 0 Å². The summed E-state index contributed by atoms with van der Waals surface area (Å²) in [5.74, 6) is 0.736. The highest BCUT2D eigenvalue weighted by Gasteiger charge is 2.13. The molecule has 0 fully saturated rings. The van der Waals surface area contributed by atoms with Crippen LogP contribution in [-0.4, -0.2) is 24.9 Å². The van der Waals surface area contributed by atoms with Crippen LogP contribution >= 0.6 is 0 Å².